The van der Waals surface area contributed by atoms with Crippen molar-refractivity contribution < 1.29 is 9.90 Å². The summed E-state index contributed by atoms with van der Waals surface area (Å²) in [6, 6.07) is 11.5. The van der Waals surface area contributed by atoms with Gasteiger partial charge in [0.25, 0.3) is 0 Å². The monoisotopic (exact) mass is 290 g/mol. The van der Waals surface area contributed by atoms with Gasteiger partial charge in [-0.3, -0.25) is 0 Å². The summed E-state index contributed by atoms with van der Waals surface area (Å²) in [4.78, 5) is 17.1. The van der Waals surface area contributed by atoms with Crippen LogP contribution in [0.4, 0.5) is 5.82 Å². The van der Waals surface area contributed by atoms with Crippen LogP contribution >= 0.6 is 11.6 Å². The van der Waals surface area contributed by atoms with E-state index in [0.29, 0.717) is 12.4 Å². The first-order valence-electron chi connectivity index (χ1n) is 6.22. The molecule has 0 spiro atoms. The molecule has 0 amide bonds. The molecule has 0 unspecified atom stereocenters. The average molecular weight is 291 g/mol. The summed E-state index contributed by atoms with van der Waals surface area (Å²) >= 11 is 6.10. The fraction of sp³-hybridized carbons (Fsp3) is 0.200. The first-order valence-corrected chi connectivity index (χ1v) is 6.60. The third kappa shape index (κ3) is 3.27. The number of carboxylic acids is 1. The minimum Gasteiger partial charge on any atom is -0.478 e. The molecule has 4 nitrogen and oxygen atoms in total. The van der Waals surface area contributed by atoms with Crippen molar-refractivity contribution in [1.82, 2.24) is 4.98 Å². The highest BCUT2D eigenvalue weighted by molar-refractivity contribution is 6.35. The van der Waals surface area contributed by atoms with Crippen LogP contribution in [0.1, 0.15) is 15.9 Å². The molecule has 0 atom stereocenters. The Balaban J connectivity index is 2.11. The first kappa shape index (κ1) is 14.3. The maximum absolute atomic E-state index is 11.0. The van der Waals surface area contributed by atoms with Crippen LogP contribution < -0.4 is 4.90 Å². The largest absolute Gasteiger partial charge is 0.478 e. The molecule has 0 saturated heterocycles. The van der Waals surface area contributed by atoms with E-state index in [1.54, 1.807) is 0 Å². The van der Waals surface area contributed by atoms with Crippen LogP contribution in [0.3, 0.4) is 0 Å². The van der Waals surface area contributed by atoms with E-state index in [2.05, 4.69) is 17.1 Å². The second kappa shape index (κ2) is 6.39. The molecule has 2 aromatic rings. The molecular weight excluding hydrogens is 276 g/mol. The normalized spacial score (nSPS) is 10.3. The lowest BCUT2D eigenvalue weighted by Crippen LogP contribution is -2.22. The van der Waals surface area contributed by atoms with E-state index in [1.807, 2.05) is 30.1 Å². The van der Waals surface area contributed by atoms with Crippen LogP contribution in [0.25, 0.3) is 0 Å². The number of carbonyl (C=O) groups is 1. The van der Waals surface area contributed by atoms with Crippen LogP contribution in [-0.4, -0.2) is 29.7 Å². The van der Waals surface area contributed by atoms with Gasteiger partial charge in [-0.15, -0.1) is 0 Å². The first-order chi connectivity index (χ1) is 9.59. The van der Waals surface area contributed by atoms with Crippen LogP contribution in [0.2, 0.25) is 5.02 Å². The molecule has 1 aromatic carbocycles. The zero-order valence-electron chi connectivity index (χ0n) is 11.1. The number of nitrogens with zero attached hydrogens (tertiary/aromatic N) is 2. The summed E-state index contributed by atoms with van der Waals surface area (Å²) < 4.78 is 0. The standard InChI is InChI=1S/C15H15ClN2O2/c1-18(10-8-11-5-3-2-4-6-11)14-13(16)12(15(19)20)7-9-17-14/h2-7,9H,8,10H2,1H3,(H,19,20). The van der Waals surface area contributed by atoms with E-state index >= 15 is 0 Å². The van der Waals surface area contributed by atoms with Gasteiger partial charge in [-0.1, -0.05) is 41.9 Å². The molecule has 104 valence electrons. The number of halogens is 1. The molecule has 0 saturated carbocycles. The van der Waals surface area contributed by atoms with Crippen molar-refractivity contribution >= 4 is 23.4 Å². The summed E-state index contributed by atoms with van der Waals surface area (Å²) in [6.07, 6.45) is 2.30. The summed E-state index contributed by atoms with van der Waals surface area (Å²) in [5.41, 5.74) is 1.29. The van der Waals surface area contributed by atoms with Gasteiger partial charge >= 0.3 is 5.97 Å². The molecule has 0 aliphatic heterocycles. The highest BCUT2D eigenvalue weighted by Crippen LogP contribution is 2.26. The number of hydrogen-bond donors (Lipinski definition) is 1. The molecule has 1 aromatic heterocycles. The minimum atomic E-state index is -1.05. The Hall–Kier alpha value is -2.07. The molecule has 0 radical (unpaired) electrons. The van der Waals surface area contributed by atoms with Gasteiger partial charge in [0, 0.05) is 19.8 Å². The van der Waals surface area contributed by atoms with Crippen LogP contribution in [-0.2, 0) is 6.42 Å². The maximum atomic E-state index is 11.0. The molecule has 20 heavy (non-hydrogen) atoms. The highest BCUT2D eigenvalue weighted by atomic mass is 35.5. The average Bonchev–Trinajstić information content (AvgIpc) is 2.46. The van der Waals surface area contributed by atoms with Crippen molar-refractivity contribution in [3.63, 3.8) is 0 Å². The van der Waals surface area contributed by atoms with Crippen molar-refractivity contribution in [2.75, 3.05) is 18.5 Å². The summed E-state index contributed by atoms with van der Waals surface area (Å²) in [7, 11) is 1.85. The van der Waals surface area contributed by atoms with Gasteiger partial charge in [-0.05, 0) is 18.1 Å². The van der Waals surface area contributed by atoms with Gasteiger partial charge in [-0.2, -0.15) is 0 Å². The molecule has 5 heteroatoms. The van der Waals surface area contributed by atoms with Crippen molar-refractivity contribution in [1.29, 1.82) is 0 Å². The van der Waals surface area contributed by atoms with Crippen LogP contribution in [0, 0.1) is 0 Å². The Morgan fingerprint density at radius 1 is 1.30 bits per heavy atom. The van der Waals surface area contributed by atoms with Gasteiger partial charge in [0.05, 0.1) is 10.6 Å². The fourth-order valence-electron chi connectivity index (χ4n) is 1.91. The number of aromatic nitrogens is 1. The number of aromatic carboxylic acids is 1. The number of benzene rings is 1. The summed E-state index contributed by atoms with van der Waals surface area (Å²) in [5.74, 6) is -0.558. The van der Waals surface area contributed by atoms with Crippen LogP contribution in [0.15, 0.2) is 42.6 Å². The summed E-state index contributed by atoms with van der Waals surface area (Å²) in [6.45, 7) is 0.708. The maximum Gasteiger partial charge on any atom is 0.337 e. The lowest BCUT2D eigenvalue weighted by atomic mass is 10.1. The minimum absolute atomic E-state index is 0.0724. The molecule has 2 rings (SSSR count). The van der Waals surface area contributed by atoms with Crippen molar-refractivity contribution in [3.05, 3.63) is 58.7 Å². The Bertz CT molecular complexity index is 602. The van der Waals surface area contributed by atoms with Gasteiger partial charge < -0.3 is 10.0 Å². The number of anilines is 1. The fourth-order valence-corrected chi connectivity index (χ4v) is 2.25. The molecular formula is C15H15ClN2O2. The SMILES string of the molecule is CN(CCc1ccccc1)c1nccc(C(=O)O)c1Cl. The zero-order chi connectivity index (χ0) is 14.5. The smallest absolute Gasteiger partial charge is 0.337 e. The van der Waals surface area contributed by atoms with E-state index < -0.39 is 5.97 Å². The van der Waals surface area contributed by atoms with E-state index in [9.17, 15) is 4.79 Å². The molecule has 0 aliphatic carbocycles. The molecule has 1 heterocycles. The van der Waals surface area contributed by atoms with E-state index in [-0.39, 0.29) is 10.6 Å². The topological polar surface area (TPSA) is 53.4 Å². The third-order valence-electron chi connectivity index (χ3n) is 3.04. The number of rotatable bonds is 5. The predicted octanol–water partition coefficient (Wildman–Crippen LogP) is 3.11. The zero-order valence-corrected chi connectivity index (χ0v) is 11.8. The lowest BCUT2D eigenvalue weighted by molar-refractivity contribution is 0.0697. The predicted molar refractivity (Wildman–Crippen MR) is 79.6 cm³/mol. The van der Waals surface area contributed by atoms with Crippen molar-refractivity contribution in [2.45, 2.75) is 6.42 Å². The molecule has 1 N–H and O–H groups in total. The Labute approximate surface area is 122 Å². The second-order valence-corrected chi connectivity index (χ2v) is 4.84. The van der Waals surface area contributed by atoms with E-state index in [4.69, 9.17) is 16.7 Å². The Morgan fingerprint density at radius 3 is 2.65 bits per heavy atom. The Morgan fingerprint density at radius 2 is 2.00 bits per heavy atom. The van der Waals surface area contributed by atoms with Gasteiger partial charge in [0.15, 0.2) is 0 Å². The second-order valence-electron chi connectivity index (χ2n) is 4.46. The highest BCUT2D eigenvalue weighted by Gasteiger charge is 2.15. The molecule has 0 bridgehead atoms. The Kier molecular flexibility index (Phi) is 4.58. The quantitative estimate of drug-likeness (QED) is 0.919. The number of likely N-dealkylation sites (N-methyl/N-ethyl adjacent to an activating group) is 1. The number of hydrogen-bond acceptors (Lipinski definition) is 3. The van der Waals surface area contributed by atoms with E-state index in [1.165, 1.54) is 17.8 Å². The van der Waals surface area contributed by atoms with Crippen molar-refractivity contribution in [2.24, 2.45) is 0 Å². The summed E-state index contributed by atoms with van der Waals surface area (Å²) in [5, 5.41) is 9.23. The number of pyridine rings is 1. The molecule has 0 fully saturated rings. The third-order valence-corrected chi connectivity index (χ3v) is 3.41. The van der Waals surface area contributed by atoms with E-state index in [0.717, 1.165) is 6.42 Å². The van der Waals surface area contributed by atoms with Crippen molar-refractivity contribution in [3.8, 4) is 0 Å². The number of carboxylic acid groups (broad SMARTS) is 1. The molecule has 0 aliphatic rings. The lowest BCUT2D eigenvalue weighted by Gasteiger charge is -2.19. The van der Waals surface area contributed by atoms with Gasteiger partial charge in [0.2, 0.25) is 0 Å². The van der Waals surface area contributed by atoms with Crippen LogP contribution in [0.5, 0.6) is 0 Å². The van der Waals surface area contributed by atoms with Gasteiger partial charge in [-0.25, -0.2) is 9.78 Å². The van der Waals surface area contributed by atoms with Gasteiger partial charge in [0.1, 0.15) is 5.82 Å².